The number of ether oxygens (including phenoxy) is 1. The normalized spacial score (nSPS) is 12.4. The van der Waals surface area contributed by atoms with Gasteiger partial charge in [0.15, 0.2) is 0 Å². The number of allylic oxidation sites excluding steroid dienone is 1. The molecule has 5 nitrogen and oxygen atoms in total. The number of carbonyl (C=O) groups is 1. The quantitative estimate of drug-likeness (QED) is 0.296. The van der Waals surface area contributed by atoms with Crippen molar-refractivity contribution in [2.75, 3.05) is 12.5 Å². The summed E-state index contributed by atoms with van der Waals surface area (Å²) in [5.41, 5.74) is -0.0493. The molecule has 0 spiro atoms. The molecule has 102 valence electrons. The van der Waals surface area contributed by atoms with Gasteiger partial charge in [0.2, 0.25) is 5.70 Å². The number of halogens is 2. The SMILES string of the molecule is CCOC(=O)/C(N=Nc1ccc(F)cc1)=C(\O)CCl. The van der Waals surface area contributed by atoms with E-state index >= 15 is 0 Å². The second kappa shape index (κ2) is 7.48. The van der Waals surface area contributed by atoms with Crippen LogP contribution in [-0.2, 0) is 9.53 Å². The maximum absolute atomic E-state index is 12.7. The summed E-state index contributed by atoms with van der Waals surface area (Å²) in [6.07, 6.45) is 0. The van der Waals surface area contributed by atoms with Gasteiger partial charge in [-0.2, -0.15) is 5.11 Å². The first-order valence-corrected chi connectivity index (χ1v) is 5.94. The number of carbonyl (C=O) groups excluding carboxylic acids is 1. The number of hydrogen-bond acceptors (Lipinski definition) is 5. The fourth-order valence-corrected chi connectivity index (χ4v) is 1.22. The molecular formula is C12H12ClFN2O3. The number of hydrogen-bond donors (Lipinski definition) is 1. The molecule has 0 fully saturated rings. The zero-order chi connectivity index (χ0) is 14.3. The van der Waals surface area contributed by atoms with Crippen molar-refractivity contribution in [3.05, 3.63) is 41.5 Å². The van der Waals surface area contributed by atoms with Crippen LogP contribution in [0.3, 0.4) is 0 Å². The van der Waals surface area contributed by atoms with Gasteiger partial charge >= 0.3 is 5.97 Å². The Balaban J connectivity index is 2.95. The molecule has 0 saturated heterocycles. The van der Waals surface area contributed by atoms with E-state index in [0.29, 0.717) is 5.69 Å². The fourth-order valence-electron chi connectivity index (χ4n) is 1.09. The Morgan fingerprint density at radius 3 is 2.58 bits per heavy atom. The number of esters is 1. The number of rotatable bonds is 5. The van der Waals surface area contributed by atoms with Crippen molar-refractivity contribution in [3.8, 4) is 0 Å². The van der Waals surface area contributed by atoms with E-state index in [-0.39, 0.29) is 18.2 Å². The monoisotopic (exact) mass is 286 g/mol. The molecule has 0 bridgehead atoms. The van der Waals surface area contributed by atoms with E-state index in [2.05, 4.69) is 10.2 Å². The number of alkyl halides is 1. The summed E-state index contributed by atoms with van der Waals surface area (Å²) >= 11 is 5.43. The Morgan fingerprint density at radius 1 is 1.42 bits per heavy atom. The summed E-state index contributed by atoms with van der Waals surface area (Å²) in [6, 6.07) is 5.14. The third-order valence-corrected chi connectivity index (χ3v) is 2.21. The molecule has 1 rings (SSSR count). The van der Waals surface area contributed by atoms with E-state index in [0.717, 1.165) is 0 Å². The summed E-state index contributed by atoms with van der Waals surface area (Å²) < 4.78 is 17.4. The van der Waals surface area contributed by atoms with Crippen molar-refractivity contribution < 1.29 is 19.0 Å². The maximum atomic E-state index is 12.7. The molecular weight excluding hydrogens is 275 g/mol. The van der Waals surface area contributed by atoms with Crippen LogP contribution in [0.1, 0.15) is 6.92 Å². The van der Waals surface area contributed by atoms with E-state index in [9.17, 15) is 14.3 Å². The molecule has 0 aliphatic heterocycles. The molecule has 0 atom stereocenters. The summed E-state index contributed by atoms with van der Waals surface area (Å²) in [4.78, 5) is 11.5. The van der Waals surface area contributed by atoms with Gasteiger partial charge in [-0.25, -0.2) is 9.18 Å². The summed E-state index contributed by atoms with van der Waals surface area (Å²) in [5.74, 6) is -1.97. The highest BCUT2D eigenvalue weighted by atomic mass is 35.5. The third-order valence-electron chi connectivity index (χ3n) is 1.96. The van der Waals surface area contributed by atoms with Gasteiger partial charge in [-0.05, 0) is 31.2 Å². The van der Waals surface area contributed by atoms with Crippen molar-refractivity contribution >= 4 is 23.3 Å². The highest BCUT2D eigenvalue weighted by molar-refractivity contribution is 6.19. The topological polar surface area (TPSA) is 71.2 Å². The molecule has 1 aromatic carbocycles. The van der Waals surface area contributed by atoms with Crippen LogP contribution >= 0.6 is 11.6 Å². The molecule has 0 unspecified atom stereocenters. The smallest absolute Gasteiger partial charge is 0.362 e. The van der Waals surface area contributed by atoms with Crippen molar-refractivity contribution in [1.29, 1.82) is 0 Å². The van der Waals surface area contributed by atoms with Crippen LogP contribution in [-0.4, -0.2) is 23.6 Å². The predicted octanol–water partition coefficient (Wildman–Crippen LogP) is 3.48. The minimum absolute atomic E-state index is 0.129. The molecule has 7 heteroatoms. The molecule has 19 heavy (non-hydrogen) atoms. The molecule has 1 N–H and O–H groups in total. The Labute approximate surface area is 114 Å². The van der Waals surface area contributed by atoms with Crippen molar-refractivity contribution in [2.45, 2.75) is 6.92 Å². The van der Waals surface area contributed by atoms with Gasteiger partial charge in [-0.15, -0.1) is 16.7 Å². The summed E-state index contributed by atoms with van der Waals surface area (Å²) in [5, 5.41) is 16.8. The third kappa shape index (κ3) is 4.67. The molecule has 0 heterocycles. The number of aliphatic hydroxyl groups is 1. The highest BCUT2D eigenvalue weighted by Crippen LogP contribution is 2.16. The zero-order valence-corrected chi connectivity index (χ0v) is 10.9. The molecule has 0 amide bonds. The molecule has 0 aromatic heterocycles. The lowest BCUT2D eigenvalue weighted by Gasteiger charge is -2.03. The fraction of sp³-hybridized carbons (Fsp3) is 0.250. The first kappa shape index (κ1) is 15.1. The summed E-state index contributed by atoms with van der Waals surface area (Å²) in [6.45, 7) is 1.74. The van der Waals surface area contributed by atoms with Gasteiger partial charge in [-0.1, -0.05) is 0 Å². The lowest BCUT2D eigenvalue weighted by Crippen LogP contribution is -2.09. The number of nitrogens with zero attached hydrogens (tertiary/aromatic N) is 2. The molecule has 1 aromatic rings. The lowest BCUT2D eigenvalue weighted by atomic mass is 10.3. The second-order valence-electron chi connectivity index (χ2n) is 3.33. The van der Waals surface area contributed by atoms with Gasteiger partial charge in [-0.3, -0.25) is 0 Å². The van der Waals surface area contributed by atoms with E-state index in [1.807, 2.05) is 0 Å². The molecule has 0 saturated carbocycles. The highest BCUT2D eigenvalue weighted by Gasteiger charge is 2.15. The standard InChI is InChI=1S/C12H12ClFN2O3/c1-2-19-12(18)11(10(17)7-13)16-15-9-5-3-8(14)4-6-9/h3-6,17H,2,7H2,1H3/b11-10+,16-15?. The Bertz CT molecular complexity index is 500. The Morgan fingerprint density at radius 2 is 2.05 bits per heavy atom. The minimum Gasteiger partial charge on any atom is -0.508 e. The van der Waals surface area contributed by atoms with Crippen LogP contribution < -0.4 is 0 Å². The lowest BCUT2D eigenvalue weighted by molar-refractivity contribution is -0.138. The average Bonchev–Trinajstić information content (AvgIpc) is 2.41. The predicted molar refractivity (Wildman–Crippen MR) is 67.9 cm³/mol. The van der Waals surface area contributed by atoms with E-state index < -0.39 is 17.5 Å². The van der Waals surface area contributed by atoms with Crippen molar-refractivity contribution in [3.63, 3.8) is 0 Å². The average molecular weight is 287 g/mol. The number of azo groups is 1. The van der Waals surface area contributed by atoms with Gasteiger partial charge in [0.1, 0.15) is 11.6 Å². The Kier molecular flexibility index (Phi) is 5.95. The van der Waals surface area contributed by atoms with Crippen LogP contribution in [0.5, 0.6) is 0 Å². The minimum atomic E-state index is -0.827. The first-order chi connectivity index (χ1) is 9.08. The molecule has 0 aliphatic rings. The van der Waals surface area contributed by atoms with Gasteiger partial charge in [0, 0.05) is 0 Å². The van der Waals surface area contributed by atoms with Gasteiger partial charge in [0.05, 0.1) is 18.2 Å². The van der Waals surface area contributed by atoms with Crippen molar-refractivity contribution in [2.24, 2.45) is 10.2 Å². The van der Waals surface area contributed by atoms with Gasteiger partial charge in [0.25, 0.3) is 0 Å². The number of benzene rings is 1. The maximum Gasteiger partial charge on any atom is 0.362 e. The van der Waals surface area contributed by atoms with Crippen LogP contribution in [0.25, 0.3) is 0 Å². The second-order valence-corrected chi connectivity index (χ2v) is 3.59. The largest absolute Gasteiger partial charge is 0.508 e. The van der Waals surface area contributed by atoms with Crippen LogP contribution in [0, 0.1) is 5.82 Å². The van der Waals surface area contributed by atoms with Gasteiger partial charge < -0.3 is 9.84 Å². The first-order valence-electron chi connectivity index (χ1n) is 5.41. The molecule has 0 radical (unpaired) electrons. The van der Waals surface area contributed by atoms with E-state index in [1.54, 1.807) is 6.92 Å². The number of aliphatic hydroxyl groups excluding tert-OH is 1. The zero-order valence-electron chi connectivity index (χ0n) is 10.1. The van der Waals surface area contributed by atoms with Crippen LogP contribution in [0.2, 0.25) is 0 Å². The van der Waals surface area contributed by atoms with E-state index in [4.69, 9.17) is 16.3 Å². The van der Waals surface area contributed by atoms with Crippen LogP contribution in [0.4, 0.5) is 10.1 Å². The molecule has 0 aliphatic carbocycles. The Hall–Kier alpha value is -1.95. The van der Waals surface area contributed by atoms with Crippen molar-refractivity contribution in [1.82, 2.24) is 0 Å². The van der Waals surface area contributed by atoms with Crippen LogP contribution in [0.15, 0.2) is 46.0 Å². The summed E-state index contributed by atoms with van der Waals surface area (Å²) in [7, 11) is 0. The van der Waals surface area contributed by atoms with E-state index in [1.165, 1.54) is 24.3 Å².